The van der Waals surface area contributed by atoms with Gasteiger partial charge in [-0.15, -0.1) is 0 Å². The molecule has 1 spiro atoms. The lowest BCUT2D eigenvalue weighted by Crippen LogP contribution is -2.66. The molecule has 2 aromatic carbocycles. The highest BCUT2D eigenvalue weighted by Gasteiger charge is 2.52. The van der Waals surface area contributed by atoms with Gasteiger partial charge < -0.3 is 24.6 Å². The van der Waals surface area contributed by atoms with Gasteiger partial charge in [0, 0.05) is 47.7 Å². The molecule has 3 aromatic rings. The molecule has 1 fully saturated rings. The number of H-pyrrole nitrogens is 1. The largest absolute Gasteiger partial charge is 0.497 e. The van der Waals surface area contributed by atoms with Gasteiger partial charge in [-0.2, -0.15) is 0 Å². The minimum atomic E-state index is -0.369. The summed E-state index contributed by atoms with van der Waals surface area (Å²) in [5.74, 6) is 0.842. The number of methoxy groups -OCH3 is 1. The Balaban J connectivity index is 1.59. The van der Waals surface area contributed by atoms with Gasteiger partial charge in [0.05, 0.1) is 26.2 Å². The van der Waals surface area contributed by atoms with E-state index in [1.54, 1.807) is 7.11 Å². The summed E-state index contributed by atoms with van der Waals surface area (Å²) >= 11 is 0. The van der Waals surface area contributed by atoms with Crippen LogP contribution < -0.4 is 4.74 Å². The Morgan fingerprint density at radius 1 is 1.20 bits per heavy atom. The molecule has 156 valence electrons. The van der Waals surface area contributed by atoms with Gasteiger partial charge in [-0.1, -0.05) is 30.3 Å². The Bertz CT molecular complexity index is 1090. The van der Waals surface area contributed by atoms with E-state index in [1.807, 2.05) is 47.4 Å². The number of likely N-dealkylation sites (N-methyl/N-ethyl adjacent to an activating group) is 1. The first-order valence-corrected chi connectivity index (χ1v) is 10.4. The van der Waals surface area contributed by atoms with Crippen LogP contribution in [0, 0.1) is 0 Å². The average molecular weight is 405 g/mol. The smallest absolute Gasteiger partial charge is 0.227 e. The van der Waals surface area contributed by atoms with Crippen molar-refractivity contribution in [3.05, 3.63) is 65.4 Å². The van der Waals surface area contributed by atoms with Gasteiger partial charge in [0.2, 0.25) is 5.91 Å². The van der Waals surface area contributed by atoms with E-state index in [4.69, 9.17) is 4.74 Å². The second kappa shape index (κ2) is 7.15. The third kappa shape index (κ3) is 2.90. The molecule has 1 amide bonds. The molecule has 2 aliphatic heterocycles. The Morgan fingerprint density at radius 2 is 1.97 bits per heavy atom. The molecule has 0 radical (unpaired) electrons. The summed E-state index contributed by atoms with van der Waals surface area (Å²) in [6.07, 6.45) is 0.340. The number of likely N-dealkylation sites (tertiary alicyclic amines) is 1. The fraction of sp³-hybridized carbons (Fsp3) is 0.375. The molecule has 0 unspecified atom stereocenters. The van der Waals surface area contributed by atoms with Gasteiger partial charge in [-0.3, -0.25) is 4.79 Å². The number of ether oxygens (including phenoxy) is 1. The molecular formula is C24H27N3O3. The van der Waals surface area contributed by atoms with E-state index in [9.17, 15) is 9.90 Å². The number of aliphatic hydroxyl groups is 1. The van der Waals surface area contributed by atoms with Gasteiger partial charge >= 0.3 is 0 Å². The summed E-state index contributed by atoms with van der Waals surface area (Å²) < 4.78 is 5.40. The number of aliphatic hydroxyl groups excluding tert-OH is 1. The Kier molecular flexibility index (Phi) is 4.56. The first-order valence-electron chi connectivity index (χ1n) is 10.4. The molecule has 5 rings (SSSR count). The highest BCUT2D eigenvalue weighted by atomic mass is 16.5. The second-order valence-electron chi connectivity index (χ2n) is 8.66. The molecule has 30 heavy (non-hydrogen) atoms. The number of hydrogen-bond acceptors (Lipinski definition) is 4. The Morgan fingerprint density at radius 3 is 2.63 bits per heavy atom. The standard InChI is InChI=1S/C24H27N3O3/c1-26-13-24(14-26)15-27(21(29)10-16-6-4-3-5-7-16)20(12-28)23-22(24)18-9-8-17(30-2)11-19(18)25-23/h3-9,11,20,25,28H,10,12-15H2,1-2H3/t20-/m1/s1. The summed E-state index contributed by atoms with van der Waals surface area (Å²) in [5, 5.41) is 11.5. The van der Waals surface area contributed by atoms with Crippen molar-refractivity contribution in [2.24, 2.45) is 0 Å². The lowest BCUT2D eigenvalue weighted by atomic mass is 9.69. The molecule has 1 aromatic heterocycles. The first-order chi connectivity index (χ1) is 14.5. The third-order valence-electron chi connectivity index (χ3n) is 6.58. The molecule has 2 aliphatic rings. The fourth-order valence-electron chi connectivity index (χ4n) is 5.39. The number of aromatic nitrogens is 1. The van der Waals surface area contributed by atoms with E-state index in [0.29, 0.717) is 13.0 Å². The van der Waals surface area contributed by atoms with Gasteiger partial charge in [-0.05, 0) is 30.3 Å². The number of nitrogens with one attached hydrogen (secondary N) is 1. The normalized spacial score (nSPS) is 20.2. The van der Waals surface area contributed by atoms with Crippen LogP contribution in [0.1, 0.15) is 22.9 Å². The molecule has 3 heterocycles. The van der Waals surface area contributed by atoms with Crippen molar-refractivity contribution in [3.8, 4) is 5.75 Å². The van der Waals surface area contributed by atoms with Crippen molar-refractivity contribution in [1.82, 2.24) is 14.8 Å². The van der Waals surface area contributed by atoms with Crippen LogP contribution in [0.2, 0.25) is 0 Å². The summed E-state index contributed by atoms with van der Waals surface area (Å²) in [7, 11) is 3.77. The zero-order chi connectivity index (χ0) is 20.9. The number of hydrogen-bond donors (Lipinski definition) is 2. The van der Waals surface area contributed by atoms with Crippen LogP contribution in [0.25, 0.3) is 10.9 Å². The van der Waals surface area contributed by atoms with Crippen LogP contribution in [-0.4, -0.2) is 66.2 Å². The molecule has 0 bridgehead atoms. The van der Waals surface area contributed by atoms with Crippen molar-refractivity contribution >= 4 is 16.8 Å². The lowest BCUT2D eigenvalue weighted by Gasteiger charge is -2.55. The Labute approximate surface area is 176 Å². The molecule has 1 atom stereocenters. The van der Waals surface area contributed by atoms with Crippen molar-refractivity contribution < 1.29 is 14.6 Å². The quantitative estimate of drug-likeness (QED) is 0.700. The van der Waals surface area contributed by atoms with Crippen molar-refractivity contribution in [2.45, 2.75) is 17.9 Å². The zero-order valence-electron chi connectivity index (χ0n) is 17.4. The molecule has 6 nitrogen and oxygen atoms in total. The van der Waals surface area contributed by atoms with Gasteiger partial charge in [0.15, 0.2) is 0 Å². The lowest BCUT2D eigenvalue weighted by molar-refractivity contribution is -0.138. The van der Waals surface area contributed by atoms with Crippen molar-refractivity contribution in [2.75, 3.05) is 40.4 Å². The molecule has 0 aliphatic carbocycles. The van der Waals surface area contributed by atoms with E-state index in [1.165, 1.54) is 5.56 Å². The number of benzene rings is 2. The summed E-state index contributed by atoms with van der Waals surface area (Å²) in [6, 6.07) is 15.5. The topological polar surface area (TPSA) is 68.8 Å². The highest BCUT2D eigenvalue weighted by molar-refractivity contribution is 5.89. The van der Waals surface area contributed by atoms with Crippen LogP contribution in [0.4, 0.5) is 0 Å². The zero-order valence-corrected chi connectivity index (χ0v) is 17.4. The number of rotatable bonds is 4. The SMILES string of the molecule is COc1ccc2c3c([nH]c2c1)[C@@H](CO)N(C(=O)Cc1ccccc1)CC31CN(C)C1. The molecule has 6 heteroatoms. The minimum Gasteiger partial charge on any atom is -0.497 e. The van der Waals surface area contributed by atoms with E-state index >= 15 is 0 Å². The Hall–Kier alpha value is -2.83. The number of aromatic amines is 1. The van der Waals surface area contributed by atoms with E-state index in [2.05, 4.69) is 23.0 Å². The number of amides is 1. The second-order valence-corrected chi connectivity index (χ2v) is 8.66. The molecule has 0 saturated carbocycles. The number of carbonyl (C=O) groups is 1. The summed E-state index contributed by atoms with van der Waals surface area (Å²) in [6.45, 7) is 2.31. The van der Waals surface area contributed by atoms with E-state index < -0.39 is 0 Å². The van der Waals surface area contributed by atoms with Crippen LogP contribution in [0.3, 0.4) is 0 Å². The van der Waals surface area contributed by atoms with Crippen molar-refractivity contribution in [1.29, 1.82) is 0 Å². The van der Waals surface area contributed by atoms with Crippen LogP contribution in [0.5, 0.6) is 5.75 Å². The summed E-state index contributed by atoms with van der Waals surface area (Å²) in [5.41, 5.74) is 4.08. The fourth-order valence-corrected chi connectivity index (χ4v) is 5.39. The van der Waals surface area contributed by atoms with Crippen molar-refractivity contribution in [3.63, 3.8) is 0 Å². The maximum absolute atomic E-state index is 13.3. The van der Waals surface area contributed by atoms with Gasteiger partial charge in [0.25, 0.3) is 0 Å². The van der Waals surface area contributed by atoms with Crippen LogP contribution in [-0.2, 0) is 16.6 Å². The van der Waals surface area contributed by atoms with Crippen LogP contribution in [0.15, 0.2) is 48.5 Å². The van der Waals surface area contributed by atoms with Crippen LogP contribution >= 0.6 is 0 Å². The third-order valence-corrected chi connectivity index (χ3v) is 6.58. The monoisotopic (exact) mass is 405 g/mol. The van der Waals surface area contributed by atoms with Gasteiger partial charge in [-0.25, -0.2) is 0 Å². The maximum Gasteiger partial charge on any atom is 0.227 e. The van der Waals surface area contributed by atoms with Gasteiger partial charge in [0.1, 0.15) is 5.75 Å². The molecular weight excluding hydrogens is 378 g/mol. The predicted octanol–water partition coefficient (Wildman–Crippen LogP) is 2.48. The number of carbonyl (C=O) groups excluding carboxylic acids is 1. The highest BCUT2D eigenvalue weighted by Crippen LogP contribution is 2.48. The van der Waals surface area contributed by atoms with E-state index in [0.717, 1.165) is 41.0 Å². The minimum absolute atomic E-state index is 0.0519. The van der Waals surface area contributed by atoms with E-state index in [-0.39, 0.29) is 24.0 Å². The number of nitrogens with zero attached hydrogens (tertiary/aromatic N) is 2. The first kappa shape index (κ1) is 19.2. The molecule has 2 N–H and O–H groups in total. The summed E-state index contributed by atoms with van der Waals surface area (Å²) in [4.78, 5) is 21.0. The average Bonchev–Trinajstić information content (AvgIpc) is 3.12. The predicted molar refractivity (Wildman–Crippen MR) is 116 cm³/mol. The maximum atomic E-state index is 13.3. The molecule has 1 saturated heterocycles. The number of fused-ring (bicyclic) bond motifs is 4.